The minimum absolute atomic E-state index is 0. The fraction of sp³-hybridized carbons (Fsp3) is 0.455. The van der Waals surface area contributed by atoms with Crippen LogP contribution in [-0.2, 0) is 0 Å². The second-order valence-corrected chi connectivity index (χ2v) is 3.43. The quantitative estimate of drug-likeness (QED) is 0.765. The summed E-state index contributed by atoms with van der Waals surface area (Å²) in [5, 5.41) is 3.41. The summed E-state index contributed by atoms with van der Waals surface area (Å²) in [4.78, 5) is 2.44. The Bertz CT molecular complexity index is 243. The van der Waals surface area contributed by atoms with Gasteiger partial charge in [0.2, 0.25) is 0 Å². The lowest BCUT2D eigenvalue weighted by Crippen LogP contribution is -2.27. The summed E-state index contributed by atoms with van der Waals surface area (Å²) in [6, 6.07) is 10.7. The zero-order valence-electron chi connectivity index (χ0n) is 8.28. The largest absolute Gasteiger partial charge is 0.370 e. The third-order valence-electron chi connectivity index (χ3n) is 2.46. The molecule has 1 aromatic carbocycles. The van der Waals surface area contributed by atoms with Crippen molar-refractivity contribution in [2.75, 3.05) is 31.1 Å². The summed E-state index contributed by atoms with van der Waals surface area (Å²) in [6.07, 6.45) is 1.24. The molecule has 0 unspecified atom stereocenters. The van der Waals surface area contributed by atoms with Crippen LogP contribution in [0.1, 0.15) is 6.42 Å². The molecule has 1 heterocycles. The van der Waals surface area contributed by atoms with Crippen LogP contribution in [-0.4, -0.2) is 26.2 Å². The Morgan fingerprint density at radius 1 is 1.00 bits per heavy atom. The summed E-state index contributed by atoms with van der Waals surface area (Å²) in [5.74, 6) is 0. The SMILES string of the molecule is Cl.c1ccc(N2CCCNCC2)cc1. The van der Waals surface area contributed by atoms with Crippen LogP contribution in [0.15, 0.2) is 30.3 Å². The maximum Gasteiger partial charge on any atom is 0.0366 e. The summed E-state index contributed by atoms with van der Waals surface area (Å²) >= 11 is 0. The van der Waals surface area contributed by atoms with Crippen LogP contribution in [0.3, 0.4) is 0 Å². The average Bonchev–Trinajstić information content (AvgIpc) is 2.47. The van der Waals surface area contributed by atoms with Gasteiger partial charge in [-0.1, -0.05) is 18.2 Å². The molecular weight excluding hydrogens is 196 g/mol. The van der Waals surface area contributed by atoms with E-state index < -0.39 is 0 Å². The second-order valence-electron chi connectivity index (χ2n) is 3.43. The van der Waals surface area contributed by atoms with Crippen LogP contribution in [0.2, 0.25) is 0 Å². The predicted molar refractivity (Wildman–Crippen MR) is 63.4 cm³/mol. The van der Waals surface area contributed by atoms with Gasteiger partial charge >= 0.3 is 0 Å². The Morgan fingerprint density at radius 3 is 2.57 bits per heavy atom. The molecule has 0 bridgehead atoms. The minimum Gasteiger partial charge on any atom is -0.370 e. The van der Waals surface area contributed by atoms with Gasteiger partial charge in [-0.3, -0.25) is 0 Å². The van der Waals surface area contributed by atoms with E-state index in [4.69, 9.17) is 0 Å². The van der Waals surface area contributed by atoms with Crippen LogP contribution in [0.4, 0.5) is 5.69 Å². The molecule has 1 fully saturated rings. The van der Waals surface area contributed by atoms with Crippen molar-refractivity contribution < 1.29 is 0 Å². The molecule has 0 saturated carbocycles. The van der Waals surface area contributed by atoms with E-state index in [9.17, 15) is 0 Å². The van der Waals surface area contributed by atoms with Gasteiger partial charge in [-0.2, -0.15) is 0 Å². The van der Waals surface area contributed by atoms with Crippen molar-refractivity contribution in [1.29, 1.82) is 0 Å². The molecule has 1 N–H and O–H groups in total. The van der Waals surface area contributed by atoms with Gasteiger partial charge < -0.3 is 10.2 Å². The first kappa shape index (κ1) is 11.3. The van der Waals surface area contributed by atoms with E-state index in [1.165, 1.54) is 18.7 Å². The molecule has 3 heteroatoms. The number of para-hydroxylation sites is 1. The molecule has 1 aliphatic heterocycles. The van der Waals surface area contributed by atoms with Crippen LogP contribution < -0.4 is 10.2 Å². The molecule has 1 aliphatic rings. The first-order valence-corrected chi connectivity index (χ1v) is 4.97. The highest BCUT2D eigenvalue weighted by molar-refractivity contribution is 5.85. The zero-order valence-corrected chi connectivity index (χ0v) is 9.09. The monoisotopic (exact) mass is 212 g/mol. The number of halogens is 1. The van der Waals surface area contributed by atoms with Crippen LogP contribution in [0.5, 0.6) is 0 Å². The van der Waals surface area contributed by atoms with E-state index >= 15 is 0 Å². The second kappa shape index (κ2) is 5.89. The number of nitrogens with one attached hydrogen (secondary N) is 1. The Kier molecular flexibility index (Phi) is 4.77. The van der Waals surface area contributed by atoms with Crippen LogP contribution >= 0.6 is 12.4 Å². The Morgan fingerprint density at radius 2 is 1.79 bits per heavy atom. The number of hydrogen-bond donors (Lipinski definition) is 1. The van der Waals surface area contributed by atoms with Gasteiger partial charge in [-0.25, -0.2) is 0 Å². The molecule has 0 amide bonds. The molecule has 78 valence electrons. The summed E-state index contributed by atoms with van der Waals surface area (Å²) in [6.45, 7) is 4.57. The molecule has 0 radical (unpaired) electrons. The standard InChI is InChI=1S/C11H16N2.ClH/c1-2-5-11(6-3-1)13-9-4-7-12-8-10-13;/h1-3,5-6,12H,4,7-10H2;1H. The normalized spacial score (nSPS) is 17.0. The van der Waals surface area contributed by atoms with Crippen molar-refractivity contribution >= 4 is 18.1 Å². The van der Waals surface area contributed by atoms with E-state index in [0.717, 1.165) is 19.6 Å². The molecule has 1 aromatic rings. The van der Waals surface area contributed by atoms with Crippen molar-refractivity contribution in [1.82, 2.24) is 5.32 Å². The number of nitrogens with zero attached hydrogens (tertiary/aromatic N) is 1. The Hall–Kier alpha value is -0.730. The molecule has 0 spiro atoms. The highest BCUT2D eigenvalue weighted by Gasteiger charge is 2.07. The highest BCUT2D eigenvalue weighted by Crippen LogP contribution is 2.13. The third-order valence-corrected chi connectivity index (χ3v) is 2.46. The van der Waals surface area contributed by atoms with Gasteiger partial charge in [0.25, 0.3) is 0 Å². The number of hydrogen-bond acceptors (Lipinski definition) is 2. The molecular formula is C11H17ClN2. The molecule has 2 rings (SSSR count). The fourth-order valence-electron chi connectivity index (χ4n) is 1.74. The fourth-order valence-corrected chi connectivity index (χ4v) is 1.74. The summed E-state index contributed by atoms with van der Waals surface area (Å²) < 4.78 is 0. The third kappa shape index (κ3) is 2.89. The van der Waals surface area contributed by atoms with Crippen LogP contribution in [0, 0.1) is 0 Å². The molecule has 0 aromatic heterocycles. The molecule has 0 atom stereocenters. The average molecular weight is 213 g/mol. The number of benzene rings is 1. The minimum atomic E-state index is 0. The molecule has 1 saturated heterocycles. The van der Waals surface area contributed by atoms with Gasteiger partial charge in [-0.15, -0.1) is 12.4 Å². The maximum atomic E-state index is 3.41. The van der Waals surface area contributed by atoms with Gasteiger partial charge in [0, 0.05) is 25.3 Å². The van der Waals surface area contributed by atoms with Crippen molar-refractivity contribution in [3.63, 3.8) is 0 Å². The van der Waals surface area contributed by atoms with E-state index in [1.54, 1.807) is 0 Å². The first-order chi connectivity index (χ1) is 6.47. The predicted octanol–water partition coefficient (Wildman–Crippen LogP) is 1.91. The van der Waals surface area contributed by atoms with Crippen molar-refractivity contribution in [3.8, 4) is 0 Å². The first-order valence-electron chi connectivity index (χ1n) is 4.97. The lowest BCUT2D eigenvalue weighted by Gasteiger charge is -2.21. The molecule has 0 aliphatic carbocycles. The van der Waals surface area contributed by atoms with Crippen molar-refractivity contribution in [2.24, 2.45) is 0 Å². The molecule has 2 nitrogen and oxygen atoms in total. The van der Waals surface area contributed by atoms with E-state index in [1.807, 2.05) is 0 Å². The maximum absolute atomic E-state index is 3.41. The van der Waals surface area contributed by atoms with Crippen LogP contribution in [0.25, 0.3) is 0 Å². The summed E-state index contributed by atoms with van der Waals surface area (Å²) in [7, 11) is 0. The van der Waals surface area contributed by atoms with E-state index in [-0.39, 0.29) is 12.4 Å². The van der Waals surface area contributed by atoms with Gasteiger partial charge in [0.1, 0.15) is 0 Å². The van der Waals surface area contributed by atoms with Gasteiger partial charge in [-0.05, 0) is 25.1 Å². The lowest BCUT2D eigenvalue weighted by atomic mass is 10.3. The van der Waals surface area contributed by atoms with E-state index in [0.29, 0.717) is 0 Å². The van der Waals surface area contributed by atoms with E-state index in [2.05, 4.69) is 40.5 Å². The number of rotatable bonds is 1. The highest BCUT2D eigenvalue weighted by atomic mass is 35.5. The number of anilines is 1. The van der Waals surface area contributed by atoms with Crippen molar-refractivity contribution in [3.05, 3.63) is 30.3 Å². The Balaban J connectivity index is 0.000000980. The molecule has 14 heavy (non-hydrogen) atoms. The van der Waals surface area contributed by atoms with Crippen molar-refractivity contribution in [2.45, 2.75) is 6.42 Å². The van der Waals surface area contributed by atoms with Gasteiger partial charge in [0.15, 0.2) is 0 Å². The smallest absolute Gasteiger partial charge is 0.0366 e. The summed E-state index contributed by atoms with van der Waals surface area (Å²) in [5.41, 5.74) is 1.35. The topological polar surface area (TPSA) is 15.3 Å². The lowest BCUT2D eigenvalue weighted by molar-refractivity contribution is 0.724. The zero-order chi connectivity index (χ0) is 8.93. The Labute approximate surface area is 91.7 Å². The van der Waals surface area contributed by atoms with Gasteiger partial charge in [0.05, 0.1) is 0 Å².